The molecule has 0 unspecified atom stereocenters. The van der Waals surface area contributed by atoms with Crippen LogP contribution in [0, 0.1) is 41.7 Å². The highest BCUT2D eigenvalue weighted by molar-refractivity contribution is 6.24. The van der Waals surface area contributed by atoms with E-state index < -0.39 is 0 Å². The zero-order valence-corrected chi connectivity index (χ0v) is 47.0. The van der Waals surface area contributed by atoms with Crippen molar-refractivity contribution in [2.75, 3.05) is 0 Å². The molecule has 0 bridgehead atoms. The summed E-state index contributed by atoms with van der Waals surface area (Å²) in [6.45, 7) is 0. The van der Waals surface area contributed by atoms with Crippen molar-refractivity contribution in [1.29, 1.82) is 0 Å². The predicted molar refractivity (Wildman–Crippen MR) is 361 cm³/mol. The molecule has 0 heteroatoms. The predicted octanol–water partition coefficient (Wildman–Crippen LogP) is 22.6. The zero-order valence-electron chi connectivity index (χ0n) is 47.0. The average molecular weight is 1090 g/mol. The molecule has 0 aromatic heterocycles. The second kappa shape index (κ2) is 19.2. The average Bonchev–Trinajstić information content (AvgIpc) is 1.53. The van der Waals surface area contributed by atoms with Gasteiger partial charge in [0.05, 0.1) is 0 Å². The molecule has 86 heavy (non-hydrogen) atoms. The number of fused-ring (bicyclic) bond motifs is 6. The number of hydrogen-bond acceptors (Lipinski definition) is 0. The van der Waals surface area contributed by atoms with Gasteiger partial charge in [-0.3, -0.25) is 0 Å². The Labute approximate surface area is 497 Å². The fourth-order valence-electron chi connectivity index (χ4n) is 15.0. The van der Waals surface area contributed by atoms with Crippen LogP contribution >= 0.6 is 0 Å². The molecule has 0 spiro atoms. The molecule has 0 saturated carbocycles. The Hall–Kier alpha value is -11.2. The molecule has 0 radical (unpaired) electrons. The first-order chi connectivity index (χ1) is 42.7. The van der Waals surface area contributed by atoms with E-state index in [1.165, 1.54) is 185 Å². The third-order valence-corrected chi connectivity index (χ3v) is 18.7. The van der Waals surface area contributed by atoms with Crippen LogP contribution in [0.4, 0.5) is 0 Å². The van der Waals surface area contributed by atoms with Gasteiger partial charge < -0.3 is 0 Å². The molecule has 2 aliphatic rings. The summed E-state index contributed by atoms with van der Waals surface area (Å²) >= 11 is 0. The molecular weight excluding hydrogens is 1030 g/mol. The molecule has 16 aromatic rings. The Morgan fingerprint density at radius 1 is 0.151 bits per heavy atom. The summed E-state index contributed by atoms with van der Waals surface area (Å²) in [6.07, 6.45) is 0. The summed E-state index contributed by atoms with van der Waals surface area (Å²) in [6, 6.07) is 118. The SMILES string of the molecule is c1ccc(-c2cc(-c3ccccc3)cc(-c3c4c(c(-c5cc(-c6ccccc6)cc(-c6ccccc6)c5)c5ccccc35)=c3ccc5c6c(ccc=4c36)=c3cc4c(-c6ccccc6)c6ccccc6c(-c6cccc7ccccc67)c4cc3=5)c2)cc1. The molecule has 0 heterocycles. The van der Waals surface area contributed by atoms with Crippen molar-refractivity contribution >= 4 is 53.9 Å². The van der Waals surface area contributed by atoms with Gasteiger partial charge in [-0.05, 0) is 233 Å². The largest absolute Gasteiger partial charge is 0.0622 e. The third-order valence-electron chi connectivity index (χ3n) is 18.7. The normalized spacial score (nSPS) is 12.0. The summed E-state index contributed by atoms with van der Waals surface area (Å²) in [4.78, 5) is 0. The zero-order chi connectivity index (χ0) is 56.4. The van der Waals surface area contributed by atoms with Gasteiger partial charge in [-0.1, -0.05) is 267 Å². The van der Waals surface area contributed by atoms with E-state index in [1.54, 1.807) is 0 Å². The van der Waals surface area contributed by atoms with E-state index >= 15 is 0 Å². The monoisotopic (exact) mass is 1080 g/mol. The van der Waals surface area contributed by atoms with Gasteiger partial charge in [0.2, 0.25) is 0 Å². The van der Waals surface area contributed by atoms with E-state index in [4.69, 9.17) is 0 Å². The highest BCUT2D eigenvalue weighted by Gasteiger charge is 2.25. The van der Waals surface area contributed by atoms with E-state index in [-0.39, 0.29) is 0 Å². The minimum absolute atomic E-state index is 1.19. The summed E-state index contributed by atoms with van der Waals surface area (Å²) in [5, 5.41) is 22.9. The Kier molecular flexibility index (Phi) is 10.8. The lowest BCUT2D eigenvalue weighted by Crippen LogP contribution is -1.94. The minimum atomic E-state index is 1.19. The maximum atomic E-state index is 2.56. The summed E-state index contributed by atoms with van der Waals surface area (Å²) < 4.78 is 0. The van der Waals surface area contributed by atoms with Gasteiger partial charge in [-0.25, -0.2) is 0 Å². The van der Waals surface area contributed by atoms with Crippen LogP contribution in [0.25, 0.3) is 143 Å². The number of rotatable bonds is 8. The first-order valence-corrected chi connectivity index (χ1v) is 30.0. The van der Waals surface area contributed by atoms with Crippen molar-refractivity contribution in [3.8, 4) is 89.0 Å². The van der Waals surface area contributed by atoms with Crippen LogP contribution in [-0.4, -0.2) is 0 Å². The van der Waals surface area contributed by atoms with E-state index in [2.05, 4.69) is 315 Å². The smallest absolute Gasteiger partial charge is 0.000740 e. The molecule has 0 saturated heterocycles. The van der Waals surface area contributed by atoms with Crippen LogP contribution in [0.3, 0.4) is 0 Å². The molecule has 0 amide bonds. The summed E-state index contributed by atoms with van der Waals surface area (Å²) in [5.74, 6) is 0. The Bertz CT molecular complexity index is 5650. The van der Waals surface area contributed by atoms with Crippen molar-refractivity contribution < 1.29 is 0 Å². The Morgan fingerprint density at radius 2 is 0.465 bits per heavy atom. The molecule has 0 N–H and O–H groups in total. The molecule has 0 nitrogen and oxygen atoms in total. The van der Waals surface area contributed by atoms with Crippen LogP contribution in [-0.2, 0) is 0 Å². The number of benzene rings is 16. The van der Waals surface area contributed by atoms with Crippen LogP contribution in [0.2, 0.25) is 0 Å². The van der Waals surface area contributed by atoms with Crippen LogP contribution < -0.4 is 0 Å². The quantitative estimate of drug-likeness (QED) is 0.133. The van der Waals surface area contributed by atoms with E-state index in [1.807, 2.05) is 0 Å². The van der Waals surface area contributed by atoms with Crippen molar-refractivity contribution in [1.82, 2.24) is 0 Å². The van der Waals surface area contributed by atoms with Gasteiger partial charge >= 0.3 is 0 Å². The number of hydrogen-bond donors (Lipinski definition) is 0. The lowest BCUT2D eigenvalue weighted by Gasteiger charge is -2.19. The van der Waals surface area contributed by atoms with E-state index in [0.717, 1.165) is 0 Å². The van der Waals surface area contributed by atoms with Crippen molar-refractivity contribution in [2.24, 2.45) is 0 Å². The van der Waals surface area contributed by atoms with Crippen LogP contribution in [0.15, 0.2) is 315 Å². The Morgan fingerprint density at radius 3 is 0.907 bits per heavy atom. The first kappa shape index (κ1) is 48.4. The van der Waals surface area contributed by atoms with Crippen molar-refractivity contribution in [2.45, 2.75) is 0 Å². The highest BCUT2D eigenvalue weighted by Crippen LogP contribution is 2.49. The molecule has 2 aliphatic carbocycles. The van der Waals surface area contributed by atoms with Gasteiger partial charge in [-0.2, -0.15) is 0 Å². The van der Waals surface area contributed by atoms with E-state index in [9.17, 15) is 0 Å². The molecule has 16 aromatic carbocycles. The van der Waals surface area contributed by atoms with Gasteiger partial charge in [0.25, 0.3) is 0 Å². The molecule has 0 fully saturated rings. The van der Waals surface area contributed by atoms with Crippen LogP contribution in [0.5, 0.6) is 0 Å². The molecule has 0 aliphatic heterocycles. The van der Waals surface area contributed by atoms with Gasteiger partial charge in [0.15, 0.2) is 0 Å². The molecule has 396 valence electrons. The van der Waals surface area contributed by atoms with Gasteiger partial charge in [-0.15, -0.1) is 0 Å². The molecular formula is C86H52. The lowest BCUT2D eigenvalue weighted by atomic mass is 9.84. The maximum Gasteiger partial charge on any atom is -0.000740 e. The summed E-state index contributed by atoms with van der Waals surface area (Å²) in [5.41, 5.74) is 19.5. The first-order valence-electron chi connectivity index (χ1n) is 30.0. The Balaban J connectivity index is 1.04. The van der Waals surface area contributed by atoms with Crippen LogP contribution in [0.1, 0.15) is 0 Å². The lowest BCUT2D eigenvalue weighted by molar-refractivity contribution is 1.48. The molecule has 0 atom stereocenters. The second-order valence-corrected chi connectivity index (χ2v) is 23.3. The highest BCUT2D eigenvalue weighted by atomic mass is 14.3. The summed E-state index contributed by atoms with van der Waals surface area (Å²) in [7, 11) is 0. The standard InChI is InChI=1S/C86H52/c1-6-23-53(24-7-1)59-45-60(54-25-8-2-9-26-54)48-63(47-59)80-68-37-19-20-38-69(68)81(64-49-61(55-27-10-3-11-28-55)46-62(50-64)56-29-12-4-13-30-56)86-74-44-42-72-76-52-78-77(51-75(76)71-41-43-73(85(80)86)84(74)83(71)72)79(58-32-14-5-15-33-58)67-36-18-21-39-70(67)82(78)66-40-22-34-57-31-16-17-35-65(57)66/h1-52H. The second-order valence-electron chi connectivity index (χ2n) is 23.3. The fraction of sp³-hybridized carbons (Fsp3) is 0. The third kappa shape index (κ3) is 7.37. The maximum absolute atomic E-state index is 2.56. The van der Waals surface area contributed by atoms with Crippen molar-refractivity contribution in [3.05, 3.63) is 357 Å². The van der Waals surface area contributed by atoms with Gasteiger partial charge in [0, 0.05) is 0 Å². The fourth-order valence-corrected chi connectivity index (χ4v) is 15.0. The minimum Gasteiger partial charge on any atom is -0.0622 e. The van der Waals surface area contributed by atoms with Gasteiger partial charge in [0.1, 0.15) is 0 Å². The van der Waals surface area contributed by atoms with Crippen molar-refractivity contribution in [3.63, 3.8) is 0 Å². The van der Waals surface area contributed by atoms with E-state index in [0.29, 0.717) is 0 Å². The molecule has 18 rings (SSSR count). The topological polar surface area (TPSA) is 0 Å².